The van der Waals surface area contributed by atoms with Gasteiger partial charge in [0.15, 0.2) is 0 Å². The molecular formula is C15H31N3O2. The van der Waals surface area contributed by atoms with Gasteiger partial charge >= 0.3 is 0 Å². The van der Waals surface area contributed by atoms with E-state index >= 15 is 0 Å². The number of hydrogen-bond donors (Lipinski definition) is 1. The van der Waals surface area contributed by atoms with Gasteiger partial charge in [0.25, 0.3) is 0 Å². The van der Waals surface area contributed by atoms with E-state index in [9.17, 15) is 0 Å². The average molecular weight is 285 g/mol. The molecule has 0 aliphatic rings. The summed E-state index contributed by atoms with van der Waals surface area (Å²) in [6, 6.07) is 2.33. The molecule has 0 saturated heterocycles. The van der Waals surface area contributed by atoms with Gasteiger partial charge in [-0.15, -0.1) is 0 Å². The largest absolute Gasteiger partial charge is 0.380 e. The van der Waals surface area contributed by atoms with Crippen molar-refractivity contribution >= 4 is 0 Å². The summed E-state index contributed by atoms with van der Waals surface area (Å²) in [5.74, 6) is 0. The first-order chi connectivity index (χ1) is 9.61. The number of hydrogen-bond acceptors (Lipinski definition) is 5. The zero-order valence-corrected chi connectivity index (χ0v) is 13.6. The lowest BCUT2D eigenvalue weighted by molar-refractivity contribution is 0.0815. The van der Waals surface area contributed by atoms with Crippen LogP contribution in [-0.4, -0.2) is 63.5 Å². The highest BCUT2D eigenvalue weighted by Crippen LogP contribution is 2.10. The second-order valence-electron chi connectivity index (χ2n) is 5.03. The van der Waals surface area contributed by atoms with Crippen molar-refractivity contribution in [2.75, 3.05) is 53.1 Å². The van der Waals surface area contributed by atoms with Crippen LogP contribution in [0, 0.1) is 11.3 Å². The van der Waals surface area contributed by atoms with Gasteiger partial charge in [-0.05, 0) is 47.2 Å². The predicted molar refractivity (Wildman–Crippen MR) is 81.7 cm³/mol. The van der Waals surface area contributed by atoms with Crippen LogP contribution in [0.25, 0.3) is 0 Å². The lowest BCUT2D eigenvalue weighted by Gasteiger charge is -2.25. The minimum absolute atomic E-state index is 0.425. The van der Waals surface area contributed by atoms with Crippen LogP contribution in [0.5, 0.6) is 0 Å². The second-order valence-corrected chi connectivity index (χ2v) is 5.03. The minimum Gasteiger partial charge on any atom is -0.380 e. The SMILES string of the molecule is CCOCCN(CCCC(C)(C#N)NC)CCOCC. The van der Waals surface area contributed by atoms with E-state index in [1.54, 1.807) is 0 Å². The maximum atomic E-state index is 9.13. The third-order valence-corrected chi connectivity index (χ3v) is 3.46. The van der Waals surface area contributed by atoms with Crippen molar-refractivity contribution < 1.29 is 9.47 Å². The summed E-state index contributed by atoms with van der Waals surface area (Å²) in [5, 5.41) is 12.2. The van der Waals surface area contributed by atoms with E-state index < -0.39 is 5.54 Å². The highest BCUT2D eigenvalue weighted by Gasteiger charge is 2.20. The van der Waals surface area contributed by atoms with Crippen LogP contribution >= 0.6 is 0 Å². The van der Waals surface area contributed by atoms with Crippen LogP contribution in [0.3, 0.4) is 0 Å². The Labute approximate surface area is 124 Å². The molecule has 0 heterocycles. The van der Waals surface area contributed by atoms with E-state index in [1.165, 1.54) is 0 Å². The van der Waals surface area contributed by atoms with Gasteiger partial charge in [-0.1, -0.05) is 0 Å². The molecule has 1 unspecified atom stereocenters. The van der Waals surface area contributed by atoms with Crippen molar-refractivity contribution in [3.05, 3.63) is 0 Å². The molecule has 0 aliphatic carbocycles. The van der Waals surface area contributed by atoms with Crippen molar-refractivity contribution in [3.8, 4) is 6.07 Å². The Bertz CT molecular complexity index is 258. The van der Waals surface area contributed by atoms with Crippen molar-refractivity contribution in [1.82, 2.24) is 10.2 Å². The summed E-state index contributed by atoms with van der Waals surface area (Å²) in [4.78, 5) is 2.35. The summed E-state index contributed by atoms with van der Waals surface area (Å²) in [5.41, 5.74) is -0.425. The maximum absolute atomic E-state index is 9.13. The van der Waals surface area contributed by atoms with E-state index in [0.717, 1.165) is 58.9 Å². The van der Waals surface area contributed by atoms with Gasteiger partial charge in [0.2, 0.25) is 0 Å². The second kappa shape index (κ2) is 12.1. The Hall–Kier alpha value is -0.670. The zero-order valence-electron chi connectivity index (χ0n) is 13.6. The zero-order chi connectivity index (χ0) is 15.3. The van der Waals surface area contributed by atoms with E-state index in [1.807, 2.05) is 27.8 Å². The van der Waals surface area contributed by atoms with Crippen LogP contribution < -0.4 is 5.32 Å². The highest BCUT2D eigenvalue weighted by atomic mass is 16.5. The Balaban J connectivity index is 4.03. The molecule has 0 fully saturated rings. The fourth-order valence-corrected chi connectivity index (χ4v) is 1.90. The first-order valence-corrected chi connectivity index (χ1v) is 7.59. The van der Waals surface area contributed by atoms with Gasteiger partial charge in [-0.2, -0.15) is 5.26 Å². The smallest absolute Gasteiger partial charge is 0.103 e. The first-order valence-electron chi connectivity index (χ1n) is 7.59. The van der Waals surface area contributed by atoms with E-state index in [4.69, 9.17) is 14.7 Å². The Morgan fingerprint density at radius 3 is 2.05 bits per heavy atom. The monoisotopic (exact) mass is 285 g/mol. The van der Waals surface area contributed by atoms with Gasteiger partial charge in [0, 0.05) is 26.3 Å². The number of ether oxygens (including phenoxy) is 2. The summed E-state index contributed by atoms with van der Waals surface area (Å²) >= 11 is 0. The molecule has 0 bridgehead atoms. The molecule has 0 saturated carbocycles. The van der Waals surface area contributed by atoms with Crippen molar-refractivity contribution in [1.29, 1.82) is 5.26 Å². The van der Waals surface area contributed by atoms with Gasteiger partial charge in [0.05, 0.1) is 19.3 Å². The van der Waals surface area contributed by atoms with Crippen LogP contribution in [0.1, 0.15) is 33.6 Å². The van der Waals surface area contributed by atoms with Gasteiger partial charge in [-0.3, -0.25) is 4.90 Å². The summed E-state index contributed by atoms with van der Waals surface area (Å²) < 4.78 is 10.8. The normalized spacial score (nSPS) is 14.2. The standard InChI is InChI=1S/C15H31N3O2/c1-5-19-12-10-18(11-13-20-6-2)9-7-8-15(3,14-16)17-4/h17H,5-13H2,1-4H3. The van der Waals surface area contributed by atoms with Crippen molar-refractivity contribution in [2.24, 2.45) is 0 Å². The summed E-state index contributed by atoms with van der Waals surface area (Å²) in [6.07, 6.45) is 1.84. The first kappa shape index (κ1) is 19.3. The molecule has 118 valence electrons. The summed E-state index contributed by atoms with van der Waals surface area (Å²) in [6.45, 7) is 11.8. The fourth-order valence-electron chi connectivity index (χ4n) is 1.90. The lowest BCUT2D eigenvalue weighted by atomic mass is 9.98. The predicted octanol–water partition coefficient (Wildman–Crippen LogP) is 1.64. The number of nitriles is 1. The fraction of sp³-hybridized carbons (Fsp3) is 0.933. The number of nitrogens with zero attached hydrogens (tertiary/aromatic N) is 2. The third-order valence-electron chi connectivity index (χ3n) is 3.46. The van der Waals surface area contributed by atoms with Gasteiger partial charge in [-0.25, -0.2) is 0 Å². The molecule has 0 aromatic carbocycles. The van der Waals surface area contributed by atoms with E-state index in [2.05, 4.69) is 16.3 Å². The Kier molecular flexibility index (Phi) is 11.7. The molecule has 0 spiro atoms. The summed E-state index contributed by atoms with van der Waals surface area (Å²) in [7, 11) is 1.84. The van der Waals surface area contributed by atoms with Crippen molar-refractivity contribution in [2.45, 2.75) is 39.2 Å². The van der Waals surface area contributed by atoms with E-state index in [-0.39, 0.29) is 0 Å². The molecule has 0 aromatic rings. The molecule has 0 aliphatic heterocycles. The highest BCUT2D eigenvalue weighted by molar-refractivity contribution is 5.02. The van der Waals surface area contributed by atoms with Crippen LogP contribution in [0.2, 0.25) is 0 Å². The van der Waals surface area contributed by atoms with Crippen LogP contribution in [-0.2, 0) is 9.47 Å². The average Bonchev–Trinajstić information content (AvgIpc) is 2.47. The van der Waals surface area contributed by atoms with Crippen LogP contribution in [0.4, 0.5) is 0 Å². The maximum Gasteiger partial charge on any atom is 0.103 e. The topological polar surface area (TPSA) is 57.5 Å². The molecule has 1 N–H and O–H groups in total. The molecule has 5 heteroatoms. The molecule has 0 amide bonds. The Morgan fingerprint density at radius 2 is 1.65 bits per heavy atom. The molecule has 1 atom stereocenters. The number of rotatable bonds is 13. The Morgan fingerprint density at radius 1 is 1.10 bits per heavy atom. The lowest BCUT2D eigenvalue weighted by Crippen LogP contribution is -2.39. The molecule has 0 radical (unpaired) electrons. The molecular weight excluding hydrogens is 254 g/mol. The van der Waals surface area contributed by atoms with Gasteiger partial charge in [0.1, 0.15) is 5.54 Å². The van der Waals surface area contributed by atoms with Gasteiger partial charge < -0.3 is 14.8 Å². The van der Waals surface area contributed by atoms with Crippen LogP contribution in [0.15, 0.2) is 0 Å². The number of nitrogens with one attached hydrogen (secondary N) is 1. The minimum atomic E-state index is -0.425. The molecule has 0 aromatic heterocycles. The quantitative estimate of drug-likeness (QED) is 0.521. The molecule has 20 heavy (non-hydrogen) atoms. The van der Waals surface area contributed by atoms with Crippen molar-refractivity contribution in [3.63, 3.8) is 0 Å². The molecule has 0 rings (SSSR count). The van der Waals surface area contributed by atoms with E-state index in [0.29, 0.717) is 0 Å². The third kappa shape index (κ3) is 9.27. The molecule has 5 nitrogen and oxygen atoms in total.